The molecule has 0 atom stereocenters. The average Bonchev–Trinajstić information content (AvgIpc) is 1.95. The van der Waals surface area contributed by atoms with Crippen molar-refractivity contribution >= 4 is 29.5 Å². The van der Waals surface area contributed by atoms with E-state index in [-0.39, 0.29) is 0 Å². The number of nitrogens with one attached hydrogen (secondary N) is 1. The Hall–Kier alpha value is -0.565. The highest BCUT2D eigenvalue weighted by atomic mass is 79.9. The summed E-state index contributed by atoms with van der Waals surface area (Å²) in [5.41, 5.74) is 1.18. The van der Waals surface area contributed by atoms with E-state index in [1.165, 1.54) is 5.98 Å². The predicted octanol–water partition coefficient (Wildman–Crippen LogP) is 1.91. The molecule has 1 aliphatic carbocycles. The Labute approximate surface area is 69.6 Å². The van der Waals surface area contributed by atoms with Crippen LogP contribution in [0.15, 0.2) is 34.3 Å². The number of allylic oxidation sites excluding steroid dienone is 5. The molecule has 0 aromatic rings. The molecule has 1 rings (SSSR count). The van der Waals surface area contributed by atoms with Crippen LogP contribution in [-0.2, 0) is 0 Å². The van der Waals surface area contributed by atoms with Gasteiger partial charge in [0, 0.05) is 4.48 Å². The monoisotopic (exact) mass is 193 g/mol. The zero-order valence-electron chi connectivity index (χ0n) is 5.26. The number of hydrogen-bond donors (Lipinski definition) is 1. The molecular weight excluding hydrogens is 189 g/mol. The standard InChI is InChI=1S/C7H5BBrN/c8-4-5-2-1-3-6(9)7(5)10/h1-4,10H. The van der Waals surface area contributed by atoms with Gasteiger partial charge in [0.2, 0.25) is 0 Å². The first-order valence-corrected chi connectivity index (χ1v) is 3.60. The topological polar surface area (TPSA) is 23.9 Å². The molecule has 1 aliphatic rings. The largest absolute Gasteiger partial charge is 0.299 e. The maximum absolute atomic E-state index is 7.44. The Morgan fingerprint density at radius 1 is 1.60 bits per heavy atom. The predicted molar refractivity (Wildman–Crippen MR) is 47.7 cm³/mol. The van der Waals surface area contributed by atoms with Crippen molar-refractivity contribution in [3.8, 4) is 0 Å². The lowest BCUT2D eigenvalue weighted by Gasteiger charge is -2.06. The van der Waals surface area contributed by atoms with Crippen molar-refractivity contribution < 1.29 is 0 Å². The first kappa shape index (κ1) is 7.54. The second-order valence-electron chi connectivity index (χ2n) is 1.87. The van der Waals surface area contributed by atoms with Crippen molar-refractivity contribution in [1.82, 2.24) is 0 Å². The summed E-state index contributed by atoms with van der Waals surface area (Å²) in [5.74, 6) is 1.42. The van der Waals surface area contributed by atoms with Crippen molar-refractivity contribution in [3.63, 3.8) is 0 Å². The fourth-order valence-corrected chi connectivity index (χ4v) is 1.06. The zero-order valence-corrected chi connectivity index (χ0v) is 6.85. The van der Waals surface area contributed by atoms with E-state index in [1.807, 2.05) is 12.2 Å². The lowest BCUT2D eigenvalue weighted by molar-refractivity contribution is 1.49. The molecule has 1 nitrogen and oxygen atoms in total. The molecule has 10 heavy (non-hydrogen) atoms. The van der Waals surface area contributed by atoms with E-state index in [0.29, 0.717) is 5.71 Å². The summed E-state index contributed by atoms with van der Waals surface area (Å²) in [6.45, 7) is 0. The van der Waals surface area contributed by atoms with Crippen LogP contribution in [-0.4, -0.2) is 13.6 Å². The molecule has 0 aromatic heterocycles. The van der Waals surface area contributed by atoms with E-state index in [0.717, 1.165) is 10.1 Å². The quantitative estimate of drug-likeness (QED) is 0.569. The van der Waals surface area contributed by atoms with Crippen molar-refractivity contribution in [2.24, 2.45) is 0 Å². The summed E-state index contributed by atoms with van der Waals surface area (Å²) < 4.78 is 0.770. The van der Waals surface area contributed by atoms with Crippen LogP contribution in [0.5, 0.6) is 0 Å². The molecule has 0 fully saturated rings. The first-order valence-electron chi connectivity index (χ1n) is 2.81. The van der Waals surface area contributed by atoms with Gasteiger partial charge in [-0.15, -0.1) is 5.98 Å². The smallest absolute Gasteiger partial charge is 0.103 e. The van der Waals surface area contributed by atoms with Crippen LogP contribution in [0.2, 0.25) is 0 Å². The van der Waals surface area contributed by atoms with E-state index in [9.17, 15) is 0 Å². The van der Waals surface area contributed by atoms with Gasteiger partial charge in [-0.3, -0.25) is 5.41 Å². The van der Waals surface area contributed by atoms with Gasteiger partial charge in [-0.2, -0.15) is 0 Å². The molecule has 2 radical (unpaired) electrons. The highest BCUT2D eigenvalue weighted by Gasteiger charge is 2.06. The third kappa shape index (κ3) is 1.29. The molecule has 48 valence electrons. The highest BCUT2D eigenvalue weighted by Crippen LogP contribution is 2.17. The van der Waals surface area contributed by atoms with Crippen LogP contribution >= 0.6 is 15.9 Å². The van der Waals surface area contributed by atoms with E-state index >= 15 is 0 Å². The molecule has 0 bridgehead atoms. The third-order valence-electron chi connectivity index (χ3n) is 1.23. The second-order valence-corrected chi connectivity index (χ2v) is 2.73. The van der Waals surface area contributed by atoms with E-state index in [2.05, 4.69) is 15.9 Å². The first-order chi connectivity index (χ1) is 4.75. The molecule has 0 aliphatic heterocycles. The molecule has 0 amide bonds. The van der Waals surface area contributed by atoms with Crippen molar-refractivity contribution in [2.75, 3.05) is 0 Å². The fourth-order valence-electron chi connectivity index (χ4n) is 0.680. The number of hydrogen-bond acceptors (Lipinski definition) is 1. The second kappa shape index (κ2) is 3.02. The summed E-state index contributed by atoms with van der Waals surface area (Å²) in [5, 5.41) is 7.44. The Balaban J connectivity index is 3.00. The average molecular weight is 194 g/mol. The Morgan fingerprint density at radius 2 is 2.30 bits per heavy atom. The van der Waals surface area contributed by atoms with E-state index in [1.54, 1.807) is 6.08 Å². The molecule has 0 saturated carbocycles. The molecule has 3 heteroatoms. The summed E-state index contributed by atoms with van der Waals surface area (Å²) in [6, 6.07) is 0. The third-order valence-corrected chi connectivity index (χ3v) is 1.89. The van der Waals surface area contributed by atoms with Crippen LogP contribution in [0, 0.1) is 5.41 Å². The van der Waals surface area contributed by atoms with Crippen molar-refractivity contribution in [3.05, 3.63) is 34.3 Å². The number of halogens is 1. The normalized spacial score (nSPS) is 21.5. The molecule has 0 heterocycles. The van der Waals surface area contributed by atoms with Gasteiger partial charge in [0.05, 0.1) is 5.71 Å². The van der Waals surface area contributed by atoms with Gasteiger partial charge in [-0.1, -0.05) is 12.2 Å². The van der Waals surface area contributed by atoms with Crippen LogP contribution in [0.1, 0.15) is 0 Å². The van der Waals surface area contributed by atoms with Gasteiger partial charge < -0.3 is 0 Å². The summed E-state index contributed by atoms with van der Waals surface area (Å²) >= 11 is 3.22. The Morgan fingerprint density at radius 3 is 2.80 bits per heavy atom. The van der Waals surface area contributed by atoms with Gasteiger partial charge in [-0.25, -0.2) is 0 Å². The van der Waals surface area contributed by atoms with E-state index in [4.69, 9.17) is 13.3 Å². The van der Waals surface area contributed by atoms with Crippen LogP contribution in [0.3, 0.4) is 0 Å². The molecule has 0 saturated heterocycles. The maximum Gasteiger partial charge on any atom is 0.103 e. The van der Waals surface area contributed by atoms with Crippen molar-refractivity contribution in [2.45, 2.75) is 0 Å². The minimum atomic E-state index is 0.435. The molecule has 0 spiro atoms. The fraction of sp³-hybridized carbons (Fsp3) is 0. The van der Waals surface area contributed by atoms with Crippen LogP contribution in [0.4, 0.5) is 0 Å². The summed E-state index contributed by atoms with van der Waals surface area (Å²) in [6.07, 6.45) is 5.46. The molecule has 0 aromatic carbocycles. The summed E-state index contributed by atoms with van der Waals surface area (Å²) in [7, 11) is 5.25. The van der Waals surface area contributed by atoms with Gasteiger partial charge in [0.25, 0.3) is 0 Å². The lowest BCUT2D eigenvalue weighted by atomic mass is 9.98. The SMILES string of the molecule is [B]C=C1C=CC=C(Br)C1=N. The number of rotatable bonds is 0. The Kier molecular flexibility index (Phi) is 2.27. The molecule has 0 unspecified atom stereocenters. The van der Waals surface area contributed by atoms with E-state index < -0.39 is 0 Å². The highest BCUT2D eigenvalue weighted by molar-refractivity contribution is 9.12. The lowest BCUT2D eigenvalue weighted by Crippen LogP contribution is -2.01. The van der Waals surface area contributed by atoms with Crippen LogP contribution < -0.4 is 0 Å². The van der Waals surface area contributed by atoms with Gasteiger partial charge in [0.15, 0.2) is 0 Å². The van der Waals surface area contributed by atoms with Crippen LogP contribution in [0.25, 0.3) is 0 Å². The van der Waals surface area contributed by atoms with Gasteiger partial charge >= 0.3 is 0 Å². The zero-order chi connectivity index (χ0) is 7.56. The molecular formula is C7H5BBrN. The van der Waals surface area contributed by atoms with Crippen molar-refractivity contribution in [1.29, 1.82) is 5.41 Å². The Bertz CT molecular complexity index is 250. The van der Waals surface area contributed by atoms with Gasteiger partial charge in [-0.05, 0) is 27.6 Å². The maximum atomic E-state index is 7.44. The minimum Gasteiger partial charge on any atom is -0.299 e. The van der Waals surface area contributed by atoms with Gasteiger partial charge in [0.1, 0.15) is 7.85 Å². The molecule has 1 N–H and O–H groups in total. The summed E-state index contributed by atoms with van der Waals surface area (Å²) in [4.78, 5) is 0. The minimum absolute atomic E-state index is 0.435.